The molecule has 0 N–H and O–H groups in total. The second-order valence-electron chi connectivity index (χ2n) is 6.58. The van der Waals surface area contributed by atoms with E-state index in [9.17, 15) is 4.79 Å². The second kappa shape index (κ2) is 10.1. The Balaban J connectivity index is 2.00. The molecule has 2 heterocycles. The Morgan fingerprint density at radius 1 is 1.00 bits per heavy atom. The van der Waals surface area contributed by atoms with Crippen molar-refractivity contribution in [3.63, 3.8) is 0 Å². The summed E-state index contributed by atoms with van der Waals surface area (Å²) in [7, 11) is 3.16. The summed E-state index contributed by atoms with van der Waals surface area (Å²) < 4.78 is 38.7. The Hall–Kier alpha value is -2.07. The molecule has 3 atom stereocenters. The largest absolute Gasteiger partial charge is 0.493 e. The van der Waals surface area contributed by atoms with Gasteiger partial charge in [-0.25, -0.2) is 4.79 Å². The number of carbonyl (C=O) groups is 1. The van der Waals surface area contributed by atoms with Gasteiger partial charge in [-0.1, -0.05) is 0 Å². The van der Waals surface area contributed by atoms with E-state index in [4.69, 9.17) is 33.2 Å². The molecular formula is C20H29NO8. The van der Waals surface area contributed by atoms with Crippen LogP contribution in [-0.4, -0.2) is 71.3 Å². The highest BCUT2D eigenvalue weighted by molar-refractivity contribution is 5.72. The first-order valence-corrected chi connectivity index (χ1v) is 9.71. The molecule has 0 spiro atoms. The summed E-state index contributed by atoms with van der Waals surface area (Å²) in [5, 5.41) is 0. The molecule has 2 aliphatic rings. The smallest absolute Gasteiger partial charge is 0.410 e. The zero-order valence-electron chi connectivity index (χ0n) is 17.3. The number of ether oxygens (including phenoxy) is 7. The van der Waals surface area contributed by atoms with Gasteiger partial charge in [-0.15, -0.1) is 0 Å². The minimum Gasteiger partial charge on any atom is -0.493 e. The van der Waals surface area contributed by atoms with Gasteiger partial charge in [0.1, 0.15) is 32.3 Å². The number of amides is 1. The number of cyclic esters (lactones) is 1. The lowest BCUT2D eigenvalue weighted by atomic mass is 9.86. The summed E-state index contributed by atoms with van der Waals surface area (Å²) >= 11 is 0. The van der Waals surface area contributed by atoms with Gasteiger partial charge >= 0.3 is 6.09 Å². The maximum Gasteiger partial charge on any atom is 0.410 e. The maximum atomic E-state index is 12.5. The SMILES string of the molecule is CCOCOC[C@@H]1c2cc(OC)c(OC)cc2[C@H](OCOCC)[C@H]2COC(=O)N12. The number of rotatable bonds is 11. The molecule has 0 aromatic heterocycles. The van der Waals surface area contributed by atoms with Crippen molar-refractivity contribution in [2.45, 2.75) is 32.0 Å². The quantitative estimate of drug-likeness (QED) is 0.406. The third kappa shape index (κ3) is 4.42. The summed E-state index contributed by atoms with van der Waals surface area (Å²) in [5.41, 5.74) is 1.75. The first kappa shape index (κ1) is 21.6. The molecule has 1 amide bonds. The summed E-state index contributed by atoms with van der Waals surface area (Å²) in [5.74, 6) is 1.15. The average molecular weight is 411 g/mol. The van der Waals surface area contributed by atoms with Crippen molar-refractivity contribution in [2.75, 3.05) is 54.2 Å². The number of benzene rings is 1. The van der Waals surface area contributed by atoms with E-state index in [1.54, 1.807) is 19.1 Å². The van der Waals surface area contributed by atoms with E-state index < -0.39 is 12.2 Å². The molecule has 3 rings (SSSR count). The lowest BCUT2D eigenvalue weighted by Crippen LogP contribution is -2.47. The van der Waals surface area contributed by atoms with Crippen molar-refractivity contribution in [3.8, 4) is 11.5 Å². The van der Waals surface area contributed by atoms with Crippen LogP contribution >= 0.6 is 0 Å². The second-order valence-corrected chi connectivity index (χ2v) is 6.58. The van der Waals surface area contributed by atoms with Gasteiger partial charge in [0.25, 0.3) is 0 Å². The molecule has 162 valence electrons. The summed E-state index contributed by atoms with van der Waals surface area (Å²) in [4.78, 5) is 14.2. The number of nitrogens with zero attached hydrogens (tertiary/aromatic N) is 1. The van der Waals surface area contributed by atoms with Crippen molar-refractivity contribution >= 4 is 6.09 Å². The number of hydrogen-bond acceptors (Lipinski definition) is 8. The fourth-order valence-electron chi connectivity index (χ4n) is 3.72. The monoisotopic (exact) mass is 411 g/mol. The Kier molecular flexibility index (Phi) is 7.54. The lowest BCUT2D eigenvalue weighted by Gasteiger charge is -2.41. The minimum atomic E-state index is -0.425. The molecule has 0 saturated carbocycles. The van der Waals surface area contributed by atoms with Gasteiger partial charge in [0.2, 0.25) is 0 Å². The Bertz CT molecular complexity index is 697. The molecule has 2 aliphatic heterocycles. The van der Waals surface area contributed by atoms with E-state index in [0.717, 1.165) is 11.1 Å². The molecule has 0 radical (unpaired) electrons. The molecule has 1 aromatic carbocycles. The van der Waals surface area contributed by atoms with Gasteiger partial charge < -0.3 is 33.2 Å². The highest BCUT2D eigenvalue weighted by Gasteiger charge is 2.49. The number of methoxy groups -OCH3 is 2. The van der Waals surface area contributed by atoms with Crippen molar-refractivity contribution < 1.29 is 38.0 Å². The molecule has 0 unspecified atom stereocenters. The maximum absolute atomic E-state index is 12.5. The predicted octanol–water partition coefficient (Wildman–Crippen LogP) is 2.64. The molecule has 9 nitrogen and oxygen atoms in total. The van der Waals surface area contributed by atoms with Crippen molar-refractivity contribution in [2.24, 2.45) is 0 Å². The zero-order chi connectivity index (χ0) is 20.8. The first-order valence-electron chi connectivity index (χ1n) is 9.71. The molecule has 1 aromatic rings. The van der Waals surface area contributed by atoms with Gasteiger partial charge in [0, 0.05) is 13.2 Å². The average Bonchev–Trinajstić information content (AvgIpc) is 3.12. The molecular weight excluding hydrogens is 382 g/mol. The minimum absolute atomic E-state index is 0.110. The lowest BCUT2D eigenvalue weighted by molar-refractivity contribution is -0.120. The van der Waals surface area contributed by atoms with Crippen LogP contribution in [0.15, 0.2) is 12.1 Å². The predicted molar refractivity (Wildman–Crippen MR) is 102 cm³/mol. The Morgan fingerprint density at radius 2 is 1.66 bits per heavy atom. The van der Waals surface area contributed by atoms with E-state index in [1.807, 2.05) is 26.0 Å². The van der Waals surface area contributed by atoms with E-state index in [2.05, 4.69) is 0 Å². The van der Waals surface area contributed by atoms with Crippen LogP contribution in [0.5, 0.6) is 11.5 Å². The zero-order valence-corrected chi connectivity index (χ0v) is 17.3. The highest BCUT2D eigenvalue weighted by atomic mass is 16.7. The van der Waals surface area contributed by atoms with Crippen molar-refractivity contribution in [1.82, 2.24) is 4.90 Å². The van der Waals surface area contributed by atoms with Crippen LogP contribution in [-0.2, 0) is 23.7 Å². The van der Waals surface area contributed by atoms with E-state index in [1.165, 1.54) is 0 Å². The molecule has 9 heteroatoms. The number of hydrogen-bond donors (Lipinski definition) is 0. The first-order chi connectivity index (χ1) is 14.2. The fraction of sp³-hybridized carbons (Fsp3) is 0.650. The van der Waals surface area contributed by atoms with Gasteiger partial charge in [-0.3, -0.25) is 4.90 Å². The van der Waals surface area contributed by atoms with Crippen LogP contribution in [0.2, 0.25) is 0 Å². The third-order valence-corrected chi connectivity index (χ3v) is 5.07. The van der Waals surface area contributed by atoms with Gasteiger partial charge in [-0.05, 0) is 37.1 Å². The Labute approximate surface area is 170 Å². The molecule has 1 saturated heterocycles. The molecule has 29 heavy (non-hydrogen) atoms. The Morgan fingerprint density at radius 3 is 2.31 bits per heavy atom. The van der Waals surface area contributed by atoms with Crippen LogP contribution in [0.3, 0.4) is 0 Å². The summed E-state index contributed by atoms with van der Waals surface area (Å²) in [6.45, 7) is 5.61. The third-order valence-electron chi connectivity index (χ3n) is 5.07. The number of fused-ring (bicyclic) bond motifs is 2. The van der Waals surface area contributed by atoms with Crippen molar-refractivity contribution in [1.29, 1.82) is 0 Å². The van der Waals surface area contributed by atoms with Crippen LogP contribution in [0.25, 0.3) is 0 Å². The van der Waals surface area contributed by atoms with Crippen LogP contribution in [0.4, 0.5) is 4.79 Å². The standard InChI is InChI=1S/C20H29NO8/c1-5-25-11-27-9-15-13-7-17(23-3)18(24-4)8-14(13)19(29-12-26-6-2)16-10-28-20(22)21(15)16/h7-8,15-16,19H,5-6,9-12H2,1-4H3/t15-,16-,19+/m1/s1. The number of carbonyl (C=O) groups excluding carboxylic acids is 1. The van der Waals surface area contributed by atoms with E-state index >= 15 is 0 Å². The van der Waals surface area contributed by atoms with Crippen LogP contribution in [0.1, 0.15) is 37.1 Å². The van der Waals surface area contributed by atoms with Gasteiger partial charge in [-0.2, -0.15) is 0 Å². The van der Waals surface area contributed by atoms with E-state index in [-0.39, 0.29) is 38.9 Å². The molecule has 1 fully saturated rings. The van der Waals surface area contributed by atoms with E-state index in [0.29, 0.717) is 24.7 Å². The van der Waals surface area contributed by atoms with Gasteiger partial charge in [0.15, 0.2) is 11.5 Å². The summed E-state index contributed by atoms with van der Waals surface area (Å²) in [6.07, 6.45) is -0.823. The van der Waals surface area contributed by atoms with Crippen LogP contribution < -0.4 is 9.47 Å². The summed E-state index contributed by atoms with van der Waals surface area (Å²) in [6, 6.07) is 3.09. The normalized spacial score (nSPS) is 22.8. The van der Waals surface area contributed by atoms with Crippen molar-refractivity contribution in [3.05, 3.63) is 23.3 Å². The topological polar surface area (TPSA) is 84.9 Å². The highest BCUT2D eigenvalue weighted by Crippen LogP contribution is 2.47. The fourth-order valence-corrected chi connectivity index (χ4v) is 3.72. The molecule has 0 bridgehead atoms. The van der Waals surface area contributed by atoms with Crippen LogP contribution in [0, 0.1) is 0 Å². The molecule has 0 aliphatic carbocycles. The van der Waals surface area contributed by atoms with Gasteiger partial charge in [0.05, 0.1) is 26.9 Å².